The van der Waals surface area contributed by atoms with Gasteiger partial charge in [0.05, 0.1) is 5.57 Å². The third-order valence-electron chi connectivity index (χ3n) is 3.36. The van der Waals surface area contributed by atoms with Crippen LogP contribution in [0.1, 0.15) is 29.9 Å². The summed E-state index contributed by atoms with van der Waals surface area (Å²) in [6, 6.07) is 11.6. The van der Waals surface area contributed by atoms with E-state index < -0.39 is 12.1 Å². The number of benzene rings is 1. The van der Waals surface area contributed by atoms with Crippen LogP contribution in [0.25, 0.3) is 11.6 Å². The van der Waals surface area contributed by atoms with Gasteiger partial charge < -0.3 is 10.1 Å². The summed E-state index contributed by atoms with van der Waals surface area (Å²) < 4.78 is 5.34. The van der Waals surface area contributed by atoms with Crippen molar-refractivity contribution in [2.24, 2.45) is 0 Å². The lowest BCUT2D eigenvalue weighted by Gasteiger charge is -2.14. The van der Waals surface area contributed by atoms with Gasteiger partial charge in [-0.15, -0.1) is 11.3 Å². The molecule has 0 saturated carbocycles. The van der Waals surface area contributed by atoms with Crippen LogP contribution in [-0.4, -0.2) is 24.5 Å². The van der Waals surface area contributed by atoms with Crippen molar-refractivity contribution in [3.8, 4) is 0 Å². The fraction of sp³-hybridized carbons (Fsp3) is 0.263. The predicted molar refractivity (Wildman–Crippen MR) is 97.6 cm³/mol. The van der Waals surface area contributed by atoms with Gasteiger partial charge in [-0.25, -0.2) is 4.79 Å². The fourth-order valence-electron chi connectivity index (χ4n) is 2.18. The van der Waals surface area contributed by atoms with E-state index in [1.165, 1.54) is 11.3 Å². The molecule has 0 aliphatic heterocycles. The summed E-state index contributed by atoms with van der Waals surface area (Å²) in [5.74, 6) is -0.801. The van der Waals surface area contributed by atoms with Gasteiger partial charge >= 0.3 is 5.97 Å². The molecular formula is C19H21NO3S. The van der Waals surface area contributed by atoms with E-state index in [4.69, 9.17) is 4.74 Å². The second kappa shape index (κ2) is 8.45. The minimum Gasteiger partial charge on any atom is -0.449 e. The second-order valence-electron chi connectivity index (χ2n) is 5.39. The molecule has 0 radical (unpaired) electrons. The summed E-state index contributed by atoms with van der Waals surface area (Å²) in [5, 5.41) is 4.55. The van der Waals surface area contributed by atoms with Gasteiger partial charge in [0, 0.05) is 11.4 Å². The number of carbonyl (C=O) groups is 2. The second-order valence-corrected chi connectivity index (χ2v) is 6.34. The molecule has 4 nitrogen and oxygen atoms in total. The number of hydrogen-bond acceptors (Lipinski definition) is 4. The normalized spacial score (nSPS) is 12.5. The van der Waals surface area contributed by atoms with Gasteiger partial charge in [-0.3, -0.25) is 4.79 Å². The van der Waals surface area contributed by atoms with Crippen LogP contribution in [0.3, 0.4) is 0 Å². The van der Waals surface area contributed by atoms with Gasteiger partial charge in [-0.2, -0.15) is 0 Å². The van der Waals surface area contributed by atoms with E-state index in [-0.39, 0.29) is 5.91 Å². The van der Waals surface area contributed by atoms with Gasteiger partial charge in [0.2, 0.25) is 0 Å². The number of hydrogen-bond donors (Lipinski definition) is 1. The van der Waals surface area contributed by atoms with E-state index in [0.717, 1.165) is 16.0 Å². The van der Waals surface area contributed by atoms with E-state index in [2.05, 4.69) is 5.32 Å². The summed E-state index contributed by atoms with van der Waals surface area (Å²) in [6.45, 7) is 5.89. The third kappa shape index (κ3) is 4.80. The first-order valence-corrected chi connectivity index (χ1v) is 8.70. The molecule has 126 valence electrons. The highest BCUT2D eigenvalue weighted by Gasteiger charge is 2.21. The minimum absolute atomic E-state index is 0.299. The molecule has 0 aliphatic rings. The molecule has 0 saturated heterocycles. The van der Waals surface area contributed by atoms with Gasteiger partial charge in [0.1, 0.15) is 0 Å². The maximum absolute atomic E-state index is 12.6. The van der Waals surface area contributed by atoms with Crippen LogP contribution in [-0.2, 0) is 14.3 Å². The first-order valence-electron chi connectivity index (χ1n) is 7.82. The lowest BCUT2D eigenvalue weighted by molar-refractivity contribution is -0.149. The number of esters is 1. The lowest BCUT2D eigenvalue weighted by atomic mass is 10.1. The van der Waals surface area contributed by atoms with Crippen molar-refractivity contribution in [2.75, 3.05) is 6.54 Å². The van der Waals surface area contributed by atoms with Crippen LogP contribution < -0.4 is 5.32 Å². The number of carbonyl (C=O) groups excluding carboxylic acids is 2. The molecule has 2 aromatic rings. The van der Waals surface area contributed by atoms with E-state index >= 15 is 0 Å². The summed E-state index contributed by atoms with van der Waals surface area (Å²) >= 11 is 1.46. The number of rotatable bonds is 6. The maximum Gasteiger partial charge on any atom is 0.340 e. The Balaban J connectivity index is 2.27. The van der Waals surface area contributed by atoms with Crippen LogP contribution >= 0.6 is 11.3 Å². The van der Waals surface area contributed by atoms with Crippen LogP contribution in [0, 0.1) is 6.92 Å². The fourth-order valence-corrected chi connectivity index (χ4v) is 2.91. The van der Waals surface area contributed by atoms with Crippen molar-refractivity contribution in [2.45, 2.75) is 26.9 Å². The zero-order chi connectivity index (χ0) is 17.5. The van der Waals surface area contributed by atoms with E-state index in [0.29, 0.717) is 12.1 Å². The first-order chi connectivity index (χ1) is 11.5. The average Bonchev–Trinajstić information content (AvgIpc) is 3.06. The van der Waals surface area contributed by atoms with Gasteiger partial charge in [-0.1, -0.05) is 35.9 Å². The molecule has 1 amide bonds. The smallest absolute Gasteiger partial charge is 0.340 e. The molecule has 0 spiro atoms. The molecule has 0 fully saturated rings. The van der Waals surface area contributed by atoms with Gasteiger partial charge in [-0.05, 0) is 43.9 Å². The Kier molecular flexibility index (Phi) is 6.32. The Hall–Kier alpha value is -2.40. The largest absolute Gasteiger partial charge is 0.449 e. The molecule has 1 aromatic carbocycles. The van der Waals surface area contributed by atoms with Crippen LogP contribution in [0.5, 0.6) is 0 Å². The highest BCUT2D eigenvalue weighted by Crippen LogP contribution is 2.25. The Labute approximate surface area is 146 Å². The predicted octanol–water partition coefficient (Wildman–Crippen LogP) is 3.66. The van der Waals surface area contributed by atoms with E-state index in [9.17, 15) is 9.59 Å². The van der Waals surface area contributed by atoms with Crippen molar-refractivity contribution in [1.29, 1.82) is 0 Å². The zero-order valence-electron chi connectivity index (χ0n) is 14.0. The first kappa shape index (κ1) is 17.9. The summed E-state index contributed by atoms with van der Waals surface area (Å²) in [4.78, 5) is 25.2. The lowest BCUT2D eigenvalue weighted by Crippen LogP contribution is -2.35. The highest BCUT2D eigenvalue weighted by molar-refractivity contribution is 7.11. The zero-order valence-corrected chi connectivity index (χ0v) is 14.9. The molecule has 2 rings (SSSR count). The number of ether oxygens (including phenoxy) is 1. The van der Waals surface area contributed by atoms with Crippen molar-refractivity contribution in [1.82, 2.24) is 5.32 Å². The minimum atomic E-state index is -0.835. The highest BCUT2D eigenvalue weighted by atomic mass is 32.1. The number of nitrogens with one attached hydrogen (secondary N) is 1. The van der Waals surface area contributed by atoms with Crippen LogP contribution in [0.15, 0.2) is 41.8 Å². The van der Waals surface area contributed by atoms with Crippen LogP contribution in [0.2, 0.25) is 0 Å². The van der Waals surface area contributed by atoms with Crippen molar-refractivity contribution < 1.29 is 14.3 Å². The monoisotopic (exact) mass is 343 g/mol. The third-order valence-corrected chi connectivity index (χ3v) is 4.27. The van der Waals surface area contributed by atoms with Gasteiger partial charge in [0.25, 0.3) is 5.91 Å². The molecule has 1 N–H and O–H groups in total. The van der Waals surface area contributed by atoms with E-state index in [1.54, 1.807) is 13.0 Å². The Bertz CT molecular complexity index is 735. The molecule has 24 heavy (non-hydrogen) atoms. The standard InChI is InChI=1S/C19H21NO3S/c1-4-20-18(21)14(3)23-19(22)16(17-9-6-10-24-17)12-15-8-5-7-13(2)11-15/h5-12,14H,4H2,1-3H3,(H,20,21)/b16-12+/t14-/m1/s1. The van der Waals surface area contributed by atoms with Crippen LogP contribution in [0.4, 0.5) is 0 Å². The molecular weight excluding hydrogens is 322 g/mol. The SMILES string of the molecule is CCNC(=O)[C@@H](C)OC(=O)/C(=C/c1cccc(C)c1)c1cccs1. The van der Waals surface area contributed by atoms with Crippen molar-refractivity contribution >= 4 is 34.9 Å². The Morgan fingerprint density at radius 3 is 2.71 bits per heavy atom. The molecule has 1 atom stereocenters. The summed E-state index contributed by atoms with van der Waals surface area (Å²) in [5.41, 5.74) is 2.48. The summed E-state index contributed by atoms with van der Waals surface area (Å²) in [7, 11) is 0. The van der Waals surface area contributed by atoms with Crippen molar-refractivity contribution in [3.63, 3.8) is 0 Å². The molecule has 0 bridgehead atoms. The quantitative estimate of drug-likeness (QED) is 0.643. The van der Waals surface area contributed by atoms with Crippen molar-refractivity contribution in [3.05, 3.63) is 57.8 Å². The molecule has 0 aliphatic carbocycles. The molecule has 5 heteroatoms. The molecule has 1 aromatic heterocycles. The Morgan fingerprint density at radius 1 is 1.29 bits per heavy atom. The topological polar surface area (TPSA) is 55.4 Å². The summed E-state index contributed by atoms with van der Waals surface area (Å²) in [6.07, 6.45) is 0.962. The Morgan fingerprint density at radius 2 is 2.08 bits per heavy atom. The maximum atomic E-state index is 12.6. The van der Waals surface area contributed by atoms with Gasteiger partial charge in [0.15, 0.2) is 6.10 Å². The van der Waals surface area contributed by atoms with E-state index in [1.807, 2.05) is 55.6 Å². The molecule has 1 heterocycles. The average molecular weight is 343 g/mol. The molecule has 0 unspecified atom stereocenters. The number of amides is 1. The number of likely N-dealkylation sites (N-methyl/N-ethyl adjacent to an activating group) is 1. The number of thiophene rings is 1. The number of aryl methyl sites for hydroxylation is 1.